The fourth-order valence-electron chi connectivity index (χ4n) is 2.35. The highest BCUT2D eigenvalue weighted by atomic mass is 16.3. The van der Waals surface area contributed by atoms with Gasteiger partial charge < -0.3 is 5.11 Å². The van der Waals surface area contributed by atoms with E-state index >= 15 is 0 Å². The van der Waals surface area contributed by atoms with Crippen molar-refractivity contribution >= 4 is 11.6 Å². The summed E-state index contributed by atoms with van der Waals surface area (Å²) < 4.78 is 0. The van der Waals surface area contributed by atoms with E-state index in [1.54, 1.807) is 6.07 Å². The van der Waals surface area contributed by atoms with Gasteiger partial charge in [0.15, 0.2) is 0 Å². The van der Waals surface area contributed by atoms with Crippen LogP contribution in [0.25, 0.3) is 0 Å². The number of aromatic hydroxyl groups is 1. The van der Waals surface area contributed by atoms with Crippen LogP contribution in [0.4, 0.5) is 0 Å². The Morgan fingerprint density at radius 3 is 1.87 bits per heavy atom. The normalized spacial score (nSPS) is 9.87. The van der Waals surface area contributed by atoms with Gasteiger partial charge in [0.25, 0.3) is 0 Å². The summed E-state index contributed by atoms with van der Waals surface area (Å²) in [6.07, 6.45) is 10.4. The summed E-state index contributed by atoms with van der Waals surface area (Å²) in [5, 5.41) is 9.58. The number of carbonyl (C=O) groups excluding carboxylic acids is 2. The summed E-state index contributed by atoms with van der Waals surface area (Å²) in [7, 11) is 0. The van der Waals surface area contributed by atoms with Crippen molar-refractivity contribution in [1.82, 2.24) is 0 Å². The first-order valence-corrected chi connectivity index (χ1v) is 8.73. The second-order valence-electron chi connectivity index (χ2n) is 6.08. The molecule has 3 heteroatoms. The molecule has 0 aliphatic heterocycles. The molecule has 1 N–H and O–H groups in total. The molecule has 3 nitrogen and oxygen atoms in total. The Bertz CT molecular complexity index is 440. The van der Waals surface area contributed by atoms with Gasteiger partial charge >= 0.3 is 0 Å². The number of Topliss-reactive ketones (excluding diaryl/α,β-unsaturated/α-hetero) is 2. The van der Waals surface area contributed by atoms with Gasteiger partial charge in [-0.3, -0.25) is 9.59 Å². The van der Waals surface area contributed by atoms with Crippen molar-refractivity contribution in [3.63, 3.8) is 0 Å². The zero-order valence-electron chi connectivity index (χ0n) is 14.9. The lowest BCUT2D eigenvalue weighted by Crippen LogP contribution is -1.97. The van der Waals surface area contributed by atoms with Crippen LogP contribution < -0.4 is 0 Å². The van der Waals surface area contributed by atoms with E-state index in [1.807, 2.05) is 18.2 Å². The number of para-hydroxylation sites is 1. The predicted octanol–water partition coefficient (Wildman–Crippen LogP) is 5.24. The number of carbonyl (C=O) groups is 2. The smallest absolute Gasteiger partial charge is 0.137 e. The predicted molar refractivity (Wildman–Crippen MR) is 95.8 cm³/mol. The van der Waals surface area contributed by atoms with Crippen LogP contribution >= 0.6 is 0 Å². The lowest BCUT2D eigenvalue weighted by Gasteiger charge is -2.04. The first-order chi connectivity index (χ1) is 11.0. The Labute approximate surface area is 141 Å². The minimum Gasteiger partial charge on any atom is -0.508 e. The fraction of sp³-hybridized carbons (Fsp3) is 0.600. The third-order valence-corrected chi connectivity index (χ3v) is 3.54. The summed E-state index contributed by atoms with van der Waals surface area (Å²) >= 11 is 0. The van der Waals surface area contributed by atoms with Crippen molar-refractivity contribution in [2.24, 2.45) is 0 Å². The van der Waals surface area contributed by atoms with Crippen LogP contribution in [0.3, 0.4) is 0 Å². The van der Waals surface area contributed by atoms with Crippen LogP contribution in [0.1, 0.15) is 77.7 Å². The molecule has 0 aromatic heterocycles. The Balaban J connectivity index is 0.000000585. The average Bonchev–Trinajstić information content (AvgIpc) is 2.47. The van der Waals surface area contributed by atoms with E-state index in [2.05, 4.69) is 6.92 Å². The second kappa shape index (κ2) is 14.0. The van der Waals surface area contributed by atoms with Gasteiger partial charge in [0.2, 0.25) is 0 Å². The molecule has 0 saturated carbocycles. The van der Waals surface area contributed by atoms with Crippen LogP contribution in [0.15, 0.2) is 24.3 Å². The van der Waals surface area contributed by atoms with Crippen LogP contribution in [-0.2, 0) is 16.0 Å². The van der Waals surface area contributed by atoms with E-state index in [0.29, 0.717) is 5.75 Å². The van der Waals surface area contributed by atoms with Crippen molar-refractivity contribution in [3.8, 4) is 5.75 Å². The highest BCUT2D eigenvalue weighted by Gasteiger charge is 1.98. The molecular formula is C20H32O3. The fourth-order valence-corrected chi connectivity index (χ4v) is 2.35. The van der Waals surface area contributed by atoms with Crippen LogP contribution in [0, 0.1) is 0 Å². The molecule has 23 heavy (non-hydrogen) atoms. The third kappa shape index (κ3) is 13.7. The molecule has 0 saturated heterocycles. The van der Waals surface area contributed by atoms with E-state index in [-0.39, 0.29) is 18.0 Å². The number of aryl methyl sites for hydroxylation is 1. The molecule has 0 fully saturated rings. The van der Waals surface area contributed by atoms with E-state index in [9.17, 15) is 14.7 Å². The number of phenolic OH excluding ortho intramolecular Hbond substituents is 1. The largest absolute Gasteiger partial charge is 0.508 e. The molecule has 0 radical (unpaired) electrons. The van der Waals surface area contributed by atoms with Gasteiger partial charge in [-0.15, -0.1) is 0 Å². The SMILES string of the molecule is CC(=O)CC(C)=O.CCCCCCCCCc1ccccc1O. The maximum absolute atomic E-state index is 10.0. The Morgan fingerprint density at radius 1 is 0.870 bits per heavy atom. The Kier molecular flexibility index (Phi) is 13.0. The van der Waals surface area contributed by atoms with E-state index in [1.165, 1.54) is 58.8 Å². The maximum Gasteiger partial charge on any atom is 0.137 e. The molecule has 0 aliphatic carbocycles. The maximum atomic E-state index is 10.0. The standard InChI is InChI=1S/C15H24O.C5H8O2/c1-2-3-4-5-6-7-8-11-14-12-9-10-13-15(14)16;1-4(6)3-5(2)7/h9-10,12-13,16H,2-8,11H2,1H3;3H2,1-2H3. The highest BCUT2D eigenvalue weighted by molar-refractivity contribution is 5.96. The van der Waals surface area contributed by atoms with Gasteiger partial charge in [-0.1, -0.05) is 63.6 Å². The summed E-state index contributed by atoms with van der Waals surface area (Å²) in [6, 6.07) is 7.67. The molecule has 130 valence electrons. The van der Waals surface area contributed by atoms with E-state index in [0.717, 1.165) is 12.0 Å². The first-order valence-electron chi connectivity index (χ1n) is 8.73. The van der Waals surface area contributed by atoms with Gasteiger partial charge in [0, 0.05) is 0 Å². The lowest BCUT2D eigenvalue weighted by molar-refractivity contribution is -0.124. The van der Waals surface area contributed by atoms with Crippen molar-refractivity contribution in [1.29, 1.82) is 0 Å². The van der Waals surface area contributed by atoms with Gasteiger partial charge in [0.1, 0.15) is 17.3 Å². The number of hydrogen-bond acceptors (Lipinski definition) is 3. The molecule has 0 unspecified atom stereocenters. The first kappa shape index (κ1) is 21.4. The lowest BCUT2D eigenvalue weighted by atomic mass is 10.0. The minimum absolute atomic E-state index is 0.0625. The molecule has 0 amide bonds. The Hall–Kier alpha value is -1.64. The van der Waals surface area contributed by atoms with E-state index < -0.39 is 0 Å². The summed E-state index contributed by atoms with van der Waals surface area (Å²) in [6.45, 7) is 5.06. The second-order valence-corrected chi connectivity index (χ2v) is 6.08. The quantitative estimate of drug-likeness (QED) is 0.474. The Morgan fingerprint density at radius 2 is 1.39 bits per heavy atom. The van der Waals surface area contributed by atoms with Gasteiger partial charge in [-0.25, -0.2) is 0 Å². The molecule has 0 atom stereocenters. The monoisotopic (exact) mass is 320 g/mol. The zero-order chi connectivity index (χ0) is 17.5. The molecule has 0 bridgehead atoms. The van der Waals surface area contributed by atoms with Crippen molar-refractivity contribution in [2.75, 3.05) is 0 Å². The van der Waals surface area contributed by atoms with Crippen molar-refractivity contribution < 1.29 is 14.7 Å². The van der Waals surface area contributed by atoms with Crippen LogP contribution in [0.2, 0.25) is 0 Å². The zero-order valence-corrected chi connectivity index (χ0v) is 14.9. The third-order valence-electron chi connectivity index (χ3n) is 3.54. The van der Waals surface area contributed by atoms with Crippen molar-refractivity contribution in [3.05, 3.63) is 29.8 Å². The molecule has 0 aliphatic rings. The minimum atomic E-state index is -0.0625. The number of unbranched alkanes of at least 4 members (excludes halogenated alkanes) is 6. The van der Waals surface area contributed by atoms with Gasteiger partial charge in [-0.2, -0.15) is 0 Å². The van der Waals surface area contributed by atoms with Gasteiger partial charge in [0.05, 0.1) is 6.42 Å². The van der Waals surface area contributed by atoms with Gasteiger partial charge in [-0.05, 0) is 38.3 Å². The molecule has 0 heterocycles. The number of rotatable bonds is 10. The number of ketones is 2. The topological polar surface area (TPSA) is 54.4 Å². The number of benzene rings is 1. The molecule has 1 aromatic carbocycles. The summed E-state index contributed by atoms with van der Waals surface area (Å²) in [4.78, 5) is 20.1. The van der Waals surface area contributed by atoms with Crippen LogP contribution in [0.5, 0.6) is 5.75 Å². The number of phenols is 1. The van der Waals surface area contributed by atoms with Crippen molar-refractivity contribution in [2.45, 2.75) is 78.6 Å². The molecule has 1 rings (SSSR count). The highest BCUT2D eigenvalue weighted by Crippen LogP contribution is 2.18. The summed E-state index contributed by atoms with van der Waals surface area (Å²) in [5.74, 6) is 0.327. The van der Waals surface area contributed by atoms with E-state index in [4.69, 9.17) is 0 Å². The molecule has 0 spiro atoms. The molecule has 1 aromatic rings. The molecular weight excluding hydrogens is 288 g/mol. The van der Waals surface area contributed by atoms with Crippen LogP contribution in [-0.4, -0.2) is 16.7 Å². The summed E-state index contributed by atoms with van der Waals surface area (Å²) in [5.41, 5.74) is 1.09. The average molecular weight is 320 g/mol. The number of hydrogen-bond donors (Lipinski definition) is 1.